The second-order valence-electron chi connectivity index (χ2n) is 3.00. The van der Waals surface area contributed by atoms with Crippen LogP contribution in [0.3, 0.4) is 0 Å². The van der Waals surface area contributed by atoms with Gasteiger partial charge in [-0.15, -0.1) is 0 Å². The van der Waals surface area contributed by atoms with Crippen molar-refractivity contribution >= 4 is 26.0 Å². The summed E-state index contributed by atoms with van der Waals surface area (Å²) in [4.78, 5) is 0. The van der Waals surface area contributed by atoms with E-state index in [0.717, 1.165) is 10.7 Å². The quantitative estimate of drug-likeness (QED) is 0.918. The second kappa shape index (κ2) is 4.75. The number of nitrogens with zero attached hydrogens (tertiary/aromatic N) is 1. The fraction of sp³-hybridized carbons (Fsp3) is 0.222. The van der Waals surface area contributed by atoms with Crippen molar-refractivity contribution in [3.8, 4) is 6.07 Å². The molecule has 0 aliphatic carbocycles. The molecule has 0 heterocycles. The summed E-state index contributed by atoms with van der Waals surface area (Å²) in [6.45, 7) is 0. The van der Waals surface area contributed by atoms with Gasteiger partial charge in [0.15, 0.2) is 0 Å². The zero-order chi connectivity index (χ0) is 11.5. The Morgan fingerprint density at radius 1 is 1.40 bits per heavy atom. The number of nitriles is 1. The number of nitrogens with one attached hydrogen (secondary N) is 1. The smallest absolute Gasteiger partial charge is 0.210 e. The topological polar surface area (TPSA) is 70.0 Å². The summed E-state index contributed by atoms with van der Waals surface area (Å²) in [6.07, 6.45) is 1.02. The Morgan fingerprint density at radius 2 is 1.93 bits per heavy atom. The summed E-state index contributed by atoms with van der Waals surface area (Å²) >= 11 is 3.26. The summed E-state index contributed by atoms with van der Waals surface area (Å²) in [7, 11) is -3.38. The van der Waals surface area contributed by atoms with Crippen molar-refractivity contribution in [3.63, 3.8) is 0 Å². The average Bonchev–Trinajstić information content (AvgIpc) is 2.14. The Bertz CT molecular complexity index is 476. The van der Waals surface area contributed by atoms with E-state index in [4.69, 9.17) is 5.26 Å². The molecule has 4 nitrogen and oxygen atoms in total. The Balaban J connectivity index is 2.95. The van der Waals surface area contributed by atoms with Crippen LogP contribution in [0.15, 0.2) is 28.7 Å². The SMILES string of the molecule is CS(=O)(=O)NC(C#N)c1ccc(Br)cc1. The van der Waals surface area contributed by atoms with Crippen LogP contribution in [0.5, 0.6) is 0 Å². The zero-order valence-electron chi connectivity index (χ0n) is 7.94. The third-order valence-corrected chi connectivity index (χ3v) is 2.86. The third-order valence-electron chi connectivity index (χ3n) is 1.66. The first-order chi connectivity index (χ1) is 6.92. The highest BCUT2D eigenvalue weighted by molar-refractivity contribution is 9.10. The minimum atomic E-state index is -3.38. The molecule has 1 rings (SSSR count). The van der Waals surface area contributed by atoms with E-state index in [2.05, 4.69) is 20.7 Å². The predicted octanol–water partition coefficient (Wildman–Crippen LogP) is 1.56. The summed E-state index contributed by atoms with van der Waals surface area (Å²) in [5, 5.41) is 8.82. The molecule has 0 saturated heterocycles. The van der Waals surface area contributed by atoms with Gasteiger partial charge in [-0.2, -0.15) is 9.98 Å². The number of halogens is 1. The van der Waals surface area contributed by atoms with Crippen molar-refractivity contribution in [2.24, 2.45) is 0 Å². The molecule has 0 radical (unpaired) electrons. The van der Waals surface area contributed by atoms with Crippen LogP contribution in [0.2, 0.25) is 0 Å². The van der Waals surface area contributed by atoms with E-state index >= 15 is 0 Å². The van der Waals surface area contributed by atoms with Gasteiger partial charge in [-0.25, -0.2) is 8.42 Å². The van der Waals surface area contributed by atoms with Crippen molar-refractivity contribution in [1.29, 1.82) is 5.26 Å². The van der Waals surface area contributed by atoms with Gasteiger partial charge in [0.1, 0.15) is 6.04 Å². The molecule has 1 atom stereocenters. The second-order valence-corrected chi connectivity index (χ2v) is 5.70. The van der Waals surface area contributed by atoms with E-state index in [1.54, 1.807) is 24.3 Å². The Morgan fingerprint density at radius 3 is 2.33 bits per heavy atom. The Labute approximate surface area is 97.1 Å². The lowest BCUT2D eigenvalue weighted by molar-refractivity contribution is 0.582. The van der Waals surface area contributed by atoms with Crippen molar-refractivity contribution in [2.75, 3.05) is 6.26 Å². The van der Waals surface area contributed by atoms with Crippen LogP contribution in [0.1, 0.15) is 11.6 Å². The van der Waals surface area contributed by atoms with E-state index in [9.17, 15) is 8.42 Å². The first-order valence-electron chi connectivity index (χ1n) is 4.05. The lowest BCUT2D eigenvalue weighted by Gasteiger charge is -2.09. The van der Waals surface area contributed by atoms with Gasteiger partial charge in [-0.1, -0.05) is 28.1 Å². The first kappa shape index (κ1) is 12.2. The lowest BCUT2D eigenvalue weighted by Crippen LogP contribution is -2.26. The molecule has 0 saturated carbocycles. The molecule has 0 aliphatic heterocycles. The highest BCUT2D eigenvalue weighted by Crippen LogP contribution is 2.16. The molecule has 0 fully saturated rings. The van der Waals surface area contributed by atoms with E-state index in [-0.39, 0.29) is 0 Å². The third kappa shape index (κ3) is 4.00. The number of benzene rings is 1. The molecule has 0 bridgehead atoms. The maximum atomic E-state index is 11.0. The molecule has 6 heteroatoms. The minimum absolute atomic E-state index is 0.617. The van der Waals surface area contributed by atoms with Crippen molar-refractivity contribution in [1.82, 2.24) is 4.72 Å². The van der Waals surface area contributed by atoms with Gasteiger partial charge >= 0.3 is 0 Å². The minimum Gasteiger partial charge on any atom is -0.213 e. The molecule has 80 valence electrons. The Hall–Kier alpha value is -0.900. The van der Waals surface area contributed by atoms with Gasteiger partial charge in [0.25, 0.3) is 0 Å². The number of hydrogen-bond donors (Lipinski definition) is 1. The molecular formula is C9H9BrN2O2S. The van der Waals surface area contributed by atoms with E-state index in [0.29, 0.717) is 5.56 Å². The monoisotopic (exact) mass is 288 g/mol. The largest absolute Gasteiger partial charge is 0.213 e. The molecule has 0 spiro atoms. The van der Waals surface area contributed by atoms with Crippen LogP contribution in [0.4, 0.5) is 0 Å². The molecule has 0 aliphatic rings. The molecule has 1 N–H and O–H groups in total. The van der Waals surface area contributed by atoms with Crippen molar-refractivity contribution in [3.05, 3.63) is 34.3 Å². The fourth-order valence-corrected chi connectivity index (χ4v) is 1.92. The lowest BCUT2D eigenvalue weighted by atomic mass is 10.1. The molecule has 1 aromatic rings. The predicted molar refractivity (Wildman–Crippen MR) is 60.5 cm³/mol. The van der Waals surface area contributed by atoms with Crippen LogP contribution in [0, 0.1) is 11.3 Å². The summed E-state index contributed by atoms with van der Waals surface area (Å²) in [6, 6.07) is 7.94. The summed E-state index contributed by atoms with van der Waals surface area (Å²) in [5.41, 5.74) is 0.617. The number of rotatable bonds is 3. The zero-order valence-corrected chi connectivity index (χ0v) is 10.3. The van der Waals surface area contributed by atoms with Crippen LogP contribution in [-0.2, 0) is 10.0 Å². The molecule has 15 heavy (non-hydrogen) atoms. The highest BCUT2D eigenvalue weighted by atomic mass is 79.9. The van der Waals surface area contributed by atoms with Gasteiger partial charge in [0.05, 0.1) is 12.3 Å². The summed E-state index contributed by atoms with van der Waals surface area (Å²) < 4.78 is 25.1. The van der Waals surface area contributed by atoms with Crippen LogP contribution in [0.25, 0.3) is 0 Å². The standard InChI is InChI=1S/C9H9BrN2O2S/c1-15(13,14)12-9(6-11)7-2-4-8(10)5-3-7/h2-5,9,12H,1H3. The normalized spacial score (nSPS) is 13.1. The fourth-order valence-electron chi connectivity index (χ4n) is 1.04. The number of sulfonamides is 1. The van der Waals surface area contributed by atoms with Gasteiger partial charge in [0.2, 0.25) is 10.0 Å². The van der Waals surface area contributed by atoms with Crippen LogP contribution in [-0.4, -0.2) is 14.7 Å². The highest BCUT2D eigenvalue weighted by Gasteiger charge is 2.14. The molecule has 1 aromatic carbocycles. The average molecular weight is 289 g/mol. The molecule has 0 amide bonds. The first-order valence-corrected chi connectivity index (χ1v) is 6.73. The molecule has 0 aromatic heterocycles. The maximum Gasteiger partial charge on any atom is 0.210 e. The van der Waals surface area contributed by atoms with Crippen LogP contribution >= 0.6 is 15.9 Å². The number of hydrogen-bond acceptors (Lipinski definition) is 3. The Kier molecular flexibility index (Phi) is 3.85. The molecule has 1 unspecified atom stereocenters. The van der Waals surface area contributed by atoms with Gasteiger partial charge in [-0.05, 0) is 17.7 Å². The van der Waals surface area contributed by atoms with Gasteiger partial charge in [-0.3, -0.25) is 0 Å². The van der Waals surface area contributed by atoms with E-state index < -0.39 is 16.1 Å². The summed E-state index contributed by atoms with van der Waals surface area (Å²) in [5.74, 6) is 0. The molecular weight excluding hydrogens is 280 g/mol. The van der Waals surface area contributed by atoms with E-state index in [1.807, 2.05) is 6.07 Å². The maximum absolute atomic E-state index is 11.0. The van der Waals surface area contributed by atoms with Crippen molar-refractivity contribution in [2.45, 2.75) is 6.04 Å². The van der Waals surface area contributed by atoms with Gasteiger partial charge < -0.3 is 0 Å². The van der Waals surface area contributed by atoms with Crippen molar-refractivity contribution < 1.29 is 8.42 Å². The van der Waals surface area contributed by atoms with Gasteiger partial charge in [0, 0.05) is 4.47 Å². The van der Waals surface area contributed by atoms with Crippen LogP contribution < -0.4 is 4.72 Å². The van der Waals surface area contributed by atoms with E-state index in [1.165, 1.54) is 0 Å².